The van der Waals surface area contributed by atoms with E-state index in [0.717, 1.165) is 6.42 Å². The highest BCUT2D eigenvalue weighted by Gasteiger charge is 2.43. The zero-order chi connectivity index (χ0) is 11.9. The summed E-state index contributed by atoms with van der Waals surface area (Å²) < 4.78 is 16.5. The number of fused-ring (bicyclic) bond motifs is 1. The second kappa shape index (κ2) is 3.74. The van der Waals surface area contributed by atoms with E-state index in [1.54, 1.807) is 25.3 Å². The Morgan fingerprint density at radius 3 is 3.00 bits per heavy atom. The SMILES string of the molecule is COc1ccc2c(c1)OC1(CCOC1)CC2=O. The van der Waals surface area contributed by atoms with Crippen molar-refractivity contribution in [1.82, 2.24) is 0 Å². The van der Waals surface area contributed by atoms with Crippen LogP contribution in [0.4, 0.5) is 0 Å². The quantitative estimate of drug-likeness (QED) is 0.743. The van der Waals surface area contributed by atoms with Crippen molar-refractivity contribution in [1.29, 1.82) is 0 Å². The normalized spacial score (nSPS) is 26.8. The topological polar surface area (TPSA) is 44.8 Å². The number of benzene rings is 1. The van der Waals surface area contributed by atoms with Crippen molar-refractivity contribution >= 4 is 5.78 Å². The summed E-state index contributed by atoms with van der Waals surface area (Å²) in [5, 5.41) is 0. The van der Waals surface area contributed by atoms with E-state index in [1.807, 2.05) is 0 Å². The van der Waals surface area contributed by atoms with Gasteiger partial charge in [0.2, 0.25) is 0 Å². The molecule has 0 radical (unpaired) electrons. The number of hydrogen-bond acceptors (Lipinski definition) is 4. The Labute approximate surface area is 99.5 Å². The fraction of sp³-hybridized carbons (Fsp3) is 0.462. The molecular weight excluding hydrogens is 220 g/mol. The molecule has 1 aromatic rings. The summed E-state index contributed by atoms with van der Waals surface area (Å²) in [6.07, 6.45) is 1.18. The van der Waals surface area contributed by atoms with Gasteiger partial charge in [0.05, 0.1) is 32.3 Å². The van der Waals surface area contributed by atoms with E-state index in [0.29, 0.717) is 36.7 Å². The van der Waals surface area contributed by atoms with Gasteiger partial charge in [-0.05, 0) is 12.1 Å². The Morgan fingerprint density at radius 2 is 2.29 bits per heavy atom. The summed E-state index contributed by atoms with van der Waals surface area (Å²) in [6, 6.07) is 5.31. The molecule has 3 rings (SSSR count). The molecule has 0 aliphatic carbocycles. The first-order valence-corrected chi connectivity index (χ1v) is 5.70. The molecule has 1 unspecified atom stereocenters. The Balaban J connectivity index is 2.00. The molecule has 2 heterocycles. The van der Waals surface area contributed by atoms with E-state index in [9.17, 15) is 4.79 Å². The van der Waals surface area contributed by atoms with Gasteiger partial charge in [-0.2, -0.15) is 0 Å². The summed E-state index contributed by atoms with van der Waals surface area (Å²) in [7, 11) is 1.60. The van der Waals surface area contributed by atoms with Crippen LogP contribution in [0.2, 0.25) is 0 Å². The molecule has 0 aromatic heterocycles. The van der Waals surface area contributed by atoms with Crippen molar-refractivity contribution in [2.45, 2.75) is 18.4 Å². The number of Topliss-reactive ketones (excluding diaryl/α,β-unsaturated/α-hetero) is 1. The first kappa shape index (κ1) is 10.6. The largest absolute Gasteiger partial charge is 0.497 e. The van der Waals surface area contributed by atoms with Crippen molar-refractivity contribution < 1.29 is 19.0 Å². The number of ketones is 1. The molecule has 17 heavy (non-hydrogen) atoms. The maximum Gasteiger partial charge on any atom is 0.170 e. The number of hydrogen-bond donors (Lipinski definition) is 0. The van der Waals surface area contributed by atoms with Gasteiger partial charge in [0.1, 0.15) is 17.1 Å². The van der Waals surface area contributed by atoms with Gasteiger partial charge in [0.15, 0.2) is 5.78 Å². The van der Waals surface area contributed by atoms with Crippen LogP contribution in [0, 0.1) is 0 Å². The average molecular weight is 234 g/mol. The minimum atomic E-state index is -0.448. The molecule has 2 aliphatic heterocycles. The smallest absolute Gasteiger partial charge is 0.170 e. The molecule has 0 amide bonds. The van der Waals surface area contributed by atoms with E-state index in [2.05, 4.69) is 0 Å². The van der Waals surface area contributed by atoms with Crippen LogP contribution in [0.15, 0.2) is 18.2 Å². The number of rotatable bonds is 1. The van der Waals surface area contributed by atoms with Crippen molar-refractivity contribution in [2.75, 3.05) is 20.3 Å². The van der Waals surface area contributed by atoms with Gasteiger partial charge < -0.3 is 14.2 Å². The second-order valence-corrected chi connectivity index (χ2v) is 4.55. The Morgan fingerprint density at radius 1 is 1.41 bits per heavy atom. The summed E-state index contributed by atoms with van der Waals surface area (Å²) >= 11 is 0. The summed E-state index contributed by atoms with van der Waals surface area (Å²) in [6.45, 7) is 1.15. The van der Waals surface area contributed by atoms with Gasteiger partial charge >= 0.3 is 0 Å². The maximum atomic E-state index is 12.1. The molecular formula is C13H14O4. The second-order valence-electron chi connectivity index (χ2n) is 4.55. The lowest BCUT2D eigenvalue weighted by Crippen LogP contribution is -2.42. The third kappa shape index (κ3) is 1.69. The van der Waals surface area contributed by atoms with Crippen molar-refractivity contribution in [2.24, 2.45) is 0 Å². The van der Waals surface area contributed by atoms with Gasteiger partial charge in [-0.25, -0.2) is 0 Å². The molecule has 1 fully saturated rings. The molecule has 1 spiro atoms. The minimum Gasteiger partial charge on any atom is -0.497 e. The fourth-order valence-corrected chi connectivity index (χ4v) is 2.41. The zero-order valence-corrected chi connectivity index (χ0v) is 9.69. The van der Waals surface area contributed by atoms with Gasteiger partial charge in [-0.1, -0.05) is 0 Å². The predicted molar refractivity (Wildman–Crippen MR) is 60.7 cm³/mol. The molecule has 4 nitrogen and oxygen atoms in total. The summed E-state index contributed by atoms with van der Waals surface area (Å²) in [4.78, 5) is 12.1. The van der Waals surface area contributed by atoms with Crippen LogP contribution < -0.4 is 9.47 Å². The molecule has 0 N–H and O–H groups in total. The third-order valence-electron chi connectivity index (χ3n) is 3.37. The standard InChI is InChI=1S/C13H14O4/c1-15-9-2-3-10-11(14)7-13(4-5-16-8-13)17-12(10)6-9/h2-3,6H,4-5,7-8H2,1H3. The average Bonchev–Trinajstić information content (AvgIpc) is 2.76. The first-order chi connectivity index (χ1) is 8.22. The van der Waals surface area contributed by atoms with E-state index in [4.69, 9.17) is 14.2 Å². The van der Waals surface area contributed by atoms with Crippen LogP contribution in [0.25, 0.3) is 0 Å². The highest BCUT2D eigenvalue weighted by atomic mass is 16.6. The molecule has 1 aromatic carbocycles. The number of ether oxygens (including phenoxy) is 3. The Kier molecular flexibility index (Phi) is 2.33. The number of methoxy groups -OCH3 is 1. The number of carbonyl (C=O) groups excluding carboxylic acids is 1. The van der Waals surface area contributed by atoms with Crippen molar-refractivity contribution in [3.63, 3.8) is 0 Å². The lowest BCUT2D eigenvalue weighted by molar-refractivity contribution is 0.0304. The molecule has 0 saturated carbocycles. The van der Waals surface area contributed by atoms with Gasteiger partial charge in [0, 0.05) is 12.5 Å². The highest BCUT2D eigenvalue weighted by molar-refractivity contribution is 6.00. The summed E-state index contributed by atoms with van der Waals surface area (Å²) in [5.74, 6) is 1.44. The molecule has 1 saturated heterocycles. The fourth-order valence-electron chi connectivity index (χ4n) is 2.41. The van der Waals surface area contributed by atoms with Crippen molar-refractivity contribution in [3.05, 3.63) is 23.8 Å². The predicted octanol–water partition coefficient (Wildman–Crippen LogP) is 1.82. The van der Waals surface area contributed by atoms with E-state index >= 15 is 0 Å². The molecule has 2 aliphatic rings. The highest BCUT2D eigenvalue weighted by Crippen LogP contribution is 2.39. The Bertz CT molecular complexity index is 460. The van der Waals surface area contributed by atoms with Crippen molar-refractivity contribution in [3.8, 4) is 11.5 Å². The minimum absolute atomic E-state index is 0.124. The molecule has 0 bridgehead atoms. The Hall–Kier alpha value is -1.55. The van der Waals surface area contributed by atoms with E-state index in [1.165, 1.54) is 0 Å². The monoisotopic (exact) mass is 234 g/mol. The van der Waals surface area contributed by atoms with Crippen LogP contribution in [0.3, 0.4) is 0 Å². The molecule has 1 atom stereocenters. The third-order valence-corrected chi connectivity index (χ3v) is 3.37. The zero-order valence-electron chi connectivity index (χ0n) is 9.69. The van der Waals surface area contributed by atoms with Gasteiger partial charge in [0.25, 0.3) is 0 Å². The first-order valence-electron chi connectivity index (χ1n) is 5.70. The lowest BCUT2D eigenvalue weighted by Gasteiger charge is -2.33. The van der Waals surface area contributed by atoms with Gasteiger partial charge in [-0.3, -0.25) is 4.79 Å². The number of carbonyl (C=O) groups is 1. The lowest BCUT2D eigenvalue weighted by atomic mass is 9.89. The summed E-state index contributed by atoms with van der Waals surface area (Å²) in [5.41, 5.74) is 0.194. The molecule has 90 valence electrons. The van der Waals surface area contributed by atoms with Gasteiger partial charge in [-0.15, -0.1) is 0 Å². The van der Waals surface area contributed by atoms with Crippen LogP contribution in [-0.4, -0.2) is 31.7 Å². The van der Waals surface area contributed by atoms with Crippen LogP contribution >= 0.6 is 0 Å². The van der Waals surface area contributed by atoms with E-state index in [-0.39, 0.29) is 5.78 Å². The van der Waals surface area contributed by atoms with Crippen LogP contribution in [0.1, 0.15) is 23.2 Å². The maximum absolute atomic E-state index is 12.1. The molecule has 4 heteroatoms. The van der Waals surface area contributed by atoms with Crippen LogP contribution in [0.5, 0.6) is 11.5 Å². The van der Waals surface area contributed by atoms with E-state index < -0.39 is 5.60 Å². The van der Waals surface area contributed by atoms with Crippen LogP contribution in [-0.2, 0) is 4.74 Å².